The smallest absolute Gasteiger partial charge is 0.306 e. The molecule has 0 amide bonds. The van der Waals surface area contributed by atoms with Crippen molar-refractivity contribution in [2.75, 3.05) is 19.8 Å². The summed E-state index contributed by atoms with van der Waals surface area (Å²) in [4.78, 5) is 12.3. The lowest BCUT2D eigenvalue weighted by molar-refractivity contribution is -0.154. The number of aliphatic hydroxyl groups is 1. The third-order valence-corrected chi connectivity index (χ3v) is 11.5. The van der Waals surface area contributed by atoms with E-state index in [1.807, 2.05) is 0 Å². The fourth-order valence-corrected chi connectivity index (χ4v) is 7.52. The highest BCUT2D eigenvalue weighted by atomic mass is 16.6. The second kappa shape index (κ2) is 54.0. The number of allylic oxidation sites excluding steroid dienone is 12. The Kier molecular flexibility index (Phi) is 52.0. The summed E-state index contributed by atoms with van der Waals surface area (Å²) in [5.74, 6) is -0.206. The summed E-state index contributed by atoms with van der Waals surface area (Å²) in [6.45, 7) is 5.32. The normalized spacial score (nSPS) is 12.9. The van der Waals surface area contributed by atoms with Gasteiger partial charge in [0.2, 0.25) is 0 Å². The molecular formula is C57H102O4. The molecule has 0 aliphatic heterocycles. The number of hydrogen-bond acceptors (Lipinski definition) is 4. The Hall–Kier alpha value is -2.17. The first-order valence-electron chi connectivity index (χ1n) is 26.5. The summed E-state index contributed by atoms with van der Waals surface area (Å²) in [6.07, 6.45) is 74.2. The number of esters is 1. The molecule has 0 aromatic heterocycles. The minimum absolute atomic E-state index is 0.178. The molecule has 0 fully saturated rings. The number of rotatable bonds is 49. The van der Waals surface area contributed by atoms with Gasteiger partial charge in [-0.15, -0.1) is 0 Å². The van der Waals surface area contributed by atoms with Crippen LogP contribution >= 0.6 is 0 Å². The van der Waals surface area contributed by atoms with Gasteiger partial charge in [-0.1, -0.05) is 234 Å². The van der Waals surface area contributed by atoms with Crippen molar-refractivity contribution in [3.8, 4) is 0 Å². The van der Waals surface area contributed by atoms with E-state index in [1.54, 1.807) is 0 Å². The summed E-state index contributed by atoms with van der Waals surface area (Å²) in [5, 5.41) is 9.66. The van der Waals surface area contributed by atoms with E-state index < -0.39 is 6.10 Å². The summed E-state index contributed by atoms with van der Waals surface area (Å²) in [5.41, 5.74) is 0. The zero-order valence-electron chi connectivity index (χ0n) is 40.7. The van der Waals surface area contributed by atoms with E-state index in [0.717, 1.165) is 44.9 Å². The number of ether oxygens (including phenoxy) is 2. The highest BCUT2D eigenvalue weighted by Gasteiger charge is 2.13. The molecular weight excluding hydrogens is 749 g/mol. The average Bonchev–Trinajstić information content (AvgIpc) is 3.27. The van der Waals surface area contributed by atoms with Gasteiger partial charge in [-0.3, -0.25) is 4.79 Å². The van der Waals surface area contributed by atoms with E-state index in [-0.39, 0.29) is 19.2 Å². The van der Waals surface area contributed by atoms with Crippen LogP contribution in [0.1, 0.15) is 258 Å². The number of carbonyl (C=O) groups is 1. The molecule has 0 radical (unpaired) electrons. The van der Waals surface area contributed by atoms with Crippen LogP contribution in [0.5, 0.6) is 0 Å². The lowest BCUT2D eigenvalue weighted by Crippen LogP contribution is -2.27. The van der Waals surface area contributed by atoms with Crippen molar-refractivity contribution in [1.29, 1.82) is 0 Å². The van der Waals surface area contributed by atoms with Gasteiger partial charge in [0, 0.05) is 13.0 Å². The molecule has 1 atom stereocenters. The quantitative estimate of drug-likeness (QED) is 0.0376. The monoisotopic (exact) mass is 851 g/mol. The number of carbonyl (C=O) groups excluding carboxylic acids is 1. The molecule has 0 rings (SSSR count). The van der Waals surface area contributed by atoms with Crippen LogP contribution in [-0.4, -0.2) is 37.0 Å². The zero-order valence-corrected chi connectivity index (χ0v) is 40.7. The molecule has 4 nitrogen and oxygen atoms in total. The molecule has 0 heterocycles. The van der Waals surface area contributed by atoms with Crippen molar-refractivity contribution in [2.45, 2.75) is 264 Å². The molecule has 0 saturated heterocycles. The minimum atomic E-state index is -0.544. The Balaban J connectivity index is 3.45. The van der Waals surface area contributed by atoms with Crippen LogP contribution in [0, 0.1) is 0 Å². The fourth-order valence-electron chi connectivity index (χ4n) is 7.52. The van der Waals surface area contributed by atoms with Crippen LogP contribution in [0.4, 0.5) is 0 Å². The SMILES string of the molecule is CCCCCCC/C=C\C/C=C\C/C=C\CCCCCCCCCCCCC(=O)OC(CO)COCCCCCCCCCCC/C=C\C/C=C\C/C=C\CCCCCCC. The molecule has 0 aromatic rings. The largest absolute Gasteiger partial charge is 0.457 e. The van der Waals surface area contributed by atoms with E-state index in [9.17, 15) is 9.90 Å². The number of unbranched alkanes of at least 4 members (excludes halogenated alkanes) is 29. The van der Waals surface area contributed by atoms with Gasteiger partial charge in [0.15, 0.2) is 0 Å². The molecule has 4 heteroatoms. The fraction of sp³-hybridized carbons (Fsp3) is 0.772. The predicted molar refractivity (Wildman–Crippen MR) is 269 cm³/mol. The van der Waals surface area contributed by atoms with E-state index in [4.69, 9.17) is 9.47 Å². The summed E-state index contributed by atoms with van der Waals surface area (Å²) < 4.78 is 11.2. The van der Waals surface area contributed by atoms with Gasteiger partial charge < -0.3 is 14.6 Å². The average molecular weight is 851 g/mol. The van der Waals surface area contributed by atoms with Crippen LogP contribution in [-0.2, 0) is 14.3 Å². The highest BCUT2D eigenvalue weighted by molar-refractivity contribution is 5.69. The van der Waals surface area contributed by atoms with E-state index in [0.29, 0.717) is 13.0 Å². The lowest BCUT2D eigenvalue weighted by Gasteiger charge is -2.16. The van der Waals surface area contributed by atoms with Crippen LogP contribution < -0.4 is 0 Å². The van der Waals surface area contributed by atoms with Gasteiger partial charge in [-0.05, 0) is 89.9 Å². The molecule has 1 N–H and O–H groups in total. The van der Waals surface area contributed by atoms with Gasteiger partial charge in [0.1, 0.15) is 6.10 Å². The summed E-state index contributed by atoms with van der Waals surface area (Å²) >= 11 is 0. The van der Waals surface area contributed by atoms with Crippen molar-refractivity contribution >= 4 is 5.97 Å². The van der Waals surface area contributed by atoms with E-state index in [1.165, 1.54) is 193 Å². The second-order valence-electron chi connectivity index (χ2n) is 17.6. The van der Waals surface area contributed by atoms with Crippen LogP contribution in [0.2, 0.25) is 0 Å². The topological polar surface area (TPSA) is 55.8 Å². The summed E-state index contributed by atoms with van der Waals surface area (Å²) in [7, 11) is 0. The van der Waals surface area contributed by atoms with E-state index >= 15 is 0 Å². The molecule has 0 bridgehead atoms. The first-order chi connectivity index (χ1) is 30.2. The van der Waals surface area contributed by atoms with Gasteiger partial charge in [-0.2, -0.15) is 0 Å². The molecule has 0 aromatic carbocycles. The van der Waals surface area contributed by atoms with E-state index in [2.05, 4.69) is 86.8 Å². The molecule has 1 unspecified atom stereocenters. The zero-order chi connectivity index (χ0) is 44.0. The standard InChI is InChI=1S/C57H102O4/c1-3-5-7-9-11-13-15-17-19-21-23-25-27-29-30-32-34-36-38-40-42-44-46-48-50-52-57(59)61-56(54-58)55-60-53-51-49-47-45-43-41-39-37-35-33-31-28-26-24-22-20-18-16-14-12-10-8-6-4-2/h15-18,21-24,27-29,31,56,58H,3-14,19-20,25-26,30,32-55H2,1-2H3/b17-15-,18-16-,23-21-,24-22-,29-27-,31-28-. The maximum atomic E-state index is 12.3. The minimum Gasteiger partial charge on any atom is -0.457 e. The molecule has 0 aliphatic rings. The first-order valence-corrected chi connectivity index (χ1v) is 26.5. The van der Waals surface area contributed by atoms with Crippen molar-refractivity contribution in [3.05, 3.63) is 72.9 Å². The molecule has 0 saturated carbocycles. The Bertz CT molecular complexity index is 1040. The Morgan fingerprint density at radius 3 is 1.03 bits per heavy atom. The second-order valence-corrected chi connectivity index (χ2v) is 17.6. The van der Waals surface area contributed by atoms with Crippen LogP contribution in [0.3, 0.4) is 0 Å². The number of hydrogen-bond donors (Lipinski definition) is 1. The third-order valence-electron chi connectivity index (χ3n) is 11.5. The first kappa shape index (κ1) is 58.8. The van der Waals surface area contributed by atoms with Crippen LogP contribution in [0.25, 0.3) is 0 Å². The van der Waals surface area contributed by atoms with Gasteiger partial charge in [-0.25, -0.2) is 0 Å². The Morgan fingerprint density at radius 1 is 0.393 bits per heavy atom. The summed E-state index contributed by atoms with van der Waals surface area (Å²) in [6, 6.07) is 0. The third kappa shape index (κ3) is 52.1. The van der Waals surface area contributed by atoms with Crippen molar-refractivity contribution < 1.29 is 19.4 Å². The lowest BCUT2D eigenvalue weighted by atomic mass is 10.0. The van der Waals surface area contributed by atoms with Crippen molar-refractivity contribution in [1.82, 2.24) is 0 Å². The van der Waals surface area contributed by atoms with Crippen molar-refractivity contribution in [2.24, 2.45) is 0 Å². The molecule has 0 aliphatic carbocycles. The Labute approximate surface area is 380 Å². The van der Waals surface area contributed by atoms with Crippen molar-refractivity contribution in [3.63, 3.8) is 0 Å². The highest BCUT2D eigenvalue weighted by Crippen LogP contribution is 2.14. The van der Waals surface area contributed by atoms with Gasteiger partial charge in [0.05, 0.1) is 13.2 Å². The molecule has 61 heavy (non-hydrogen) atoms. The van der Waals surface area contributed by atoms with Gasteiger partial charge in [0.25, 0.3) is 0 Å². The number of aliphatic hydroxyl groups excluding tert-OH is 1. The predicted octanol–water partition coefficient (Wildman–Crippen LogP) is 18.1. The van der Waals surface area contributed by atoms with Gasteiger partial charge >= 0.3 is 5.97 Å². The van der Waals surface area contributed by atoms with Crippen LogP contribution in [0.15, 0.2) is 72.9 Å². The maximum absolute atomic E-state index is 12.3. The Morgan fingerprint density at radius 2 is 0.689 bits per heavy atom. The molecule has 354 valence electrons. The molecule has 0 spiro atoms. The maximum Gasteiger partial charge on any atom is 0.306 e.